The average Bonchev–Trinajstić information content (AvgIpc) is 3.15. The second-order valence-corrected chi connectivity index (χ2v) is 9.53. The van der Waals surface area contributed by atoms with Crippen LogP contribution in [-0.2, 0) is 9.59 Å². The molecule has 8 heteroatoms. The minimum absolute atomic E-state index is 0.0475. The Bertz CT molecular complexity index is 792. The number of methoxy groups -OCH3 is 1. The first-order chi connectivity index (χ1) is 14.3. The van der Waals surface area contributed by atoms with Crippen LogP contribution >= 0.6 is 11.8 Å². The molecule has 3 rings (SSSR count). The van der Waals surface area contributed by atoms with E-state index in [1.165, 1.54) is 18.7 Å². The molecule has 2 aliphatic heterocycles. The molecule has 0 aliphatic carbocycles. The highest BCUT2D eigenvalue weighted by molar-refractivity contribution is 8.13. The number of nitrogens with zero attached hydrogens (tertiary/aromatic N) is 2. The number of rotatable bonds is 5. The zero-order chi connectivity index (χ0) is 21.7. The fourth-order valence-corrected chi connectivity index (χ4v) is 4.91. The Morgan fingerprint density at radius 3 is 2.40 bits per heavy atom. The van der Waals surface area contributed by atoms with Crippen LogP contribution in [-0.4, -0.2) is 65.9 Å². The molecule has 1 N–H and O–H groups in total. The summed E-state index contributed by atoms with van der Waals surface area (Å²) in [7, 11) is 1.59. The van der Waals surface area contributed by atoms with Crippen molar-refractivity contribution in [3.63, 3.8) is 0 Å². The Kier molecular flexibility index (Phi) is 7.28. The third-order valence-corrected chi connectivity index (χ3v) is 7.24. The van der Waals surface area contributed by atoms with Gasteiger partial charge in [-0.2, -0.15) is 0 Å². The van der Waals surface area contributed by atoms with Crippen LogP contribution in [0.25, 0.3) is 0 Å². The summed E-state index contributed by atoms with van der Waals surface area (Å²) < 4.78 is 5.30. The Morgan fingerprint density at radius 1 is 1.13 bits per heavy atom. The van der Waals surface area contributed by atoms with Crippen molar-refractivity contribution in [1.82, 2.24) is 9.80 Å². The minimum atomic E-state index is -0.152. The smallest absolute Gasteiger partial charge is 0.321 e. The molecular weight excluding hydrogens is 402 g/mol. The van der Waals surface area contributed by atoms with E-state index in [1.807, 2.05) is 41.0 Å². The van der Waals surface area contributed by atoms with Crippen molar-refractivity contribution in [3.8, 4) is 5.75 Å². The van der Waals surface area contributed by atoms with E-state index in [0.29, 0.717) is 30.3 Å². The van der Waals surface area contributed by atoms with E-state index in [4.69, 9.17) is 4.74 Å². The number of benzene rings is 1. The normalized spacial score (nSPS) is 18.9. The molecule has 2 fully saturated rings. The monoisotopic (exact) mass is 433 g/mol. The van der Waals surface area contributed by atoms with E-state index in [9.17, 15) is 14.4 Å². The molecule has 0 unspecified atom stereocenters. The van der Waals surface area contributed by atoms with Crippen molar-refractivity contribution < 1.29 is 19.1 Å². The first-order valence-electron chi connectivity index (χ1n) is 10.4. The molecule has 7 nitrogen and oxygen atoms in total. The van der Waals surface area contributed by atoms with Gasteiger partial charge in [-0.05, 0) is 36.8 Å². The number of carbonyl (C=O) groups is 3. The Labute approximate surface area is 182 Å². The molecule has 2 heterocycles. The Hall–Kier alpha value is -2.22. The topological polar surface area (TPSA) is 79.0 Å². The molecule has 30 heavy (non-hydrogen) atoms. The number of anilines is 1. The number of hydrogen-bond donors (Lipinski definition) is 1. The molecule has 0 aromatic heterocycles. The van der Waals surface area contributed by atoms with Gasteiger partial charge in [0.1, 0.15) is 5.75 Å². The molecule has 1 atom stereocenters. The molecule has 0 saturated carbocycles. The van der Waals surface area contributed by atoms with Crippen molar-refractivity contribution in [2.75, 3.05) is 44.4 Å². The van der Waals surface area contributed by atoms with Gasteiger partial charge in [-0.25, -0.2) is 4.79 Å². The van der Waals surface area contributed by atoms with Gasteiger partial charge in [0.15, 0.2) is 5.12 Å². The number of piperidine rings is 1. The summed E-state index contributed by atoms with van der Waals surface area (Å²) in [4.78, 5) is 40.4. The SMILES string of the molecule is COc1ccccc1NC(=O)N1CCC2(CC1)CCN(C(=O)[C@H](C)CSC(C)=O)C2. The zero-order valence-electron chi connectivity index (χ0n) is 18.0. The summed E-state index contributed by atoms with van der Waals surface area (Å²) in [5.74, 6) is 1.16. The van der Waals surface area contributed by atoms with Crippen LogP contribution in [0.5, 0.6) is 5.75 Å². The number of urea groups is 1. The van der Waals surface area contributed by atoms with Crippen molar-refractivity contribution in [2.24, 2.45) is 11.3 Å². The van der Waals surface area contributed by atoms with Crippen LogP contribution < -0.4 is 10.1 Å². The third-order valence-electron chi connectivity index (χ3n) is 6.17. The quantitative estimate of drug-likeness (QED) is 0.769. The van der Waals surface area contributed by atoms with Crippen molar-refractivity contribution in [2.45, 2.75) is 33.1 Å². The number of ether oxygens (including phenoxy) is 1. The largest absolute Gasteiger partial charge is 0.495 e. The Balaban J connectivity index is 1.51. The molecule has 0 bridgehead atoms. The summed E-state index contributed by atoms with van der Waals surface area (Å²) >= 11 is 1.21. The van der Waals surface area contributed by atoms with Crippen LogP contribution in [0.15, 0.2) is 24.3 Å². The van der Waals surface area contributed by atoms with Gasteiger partial charge >= 0.3 is 6.03 Å². The highest BCUT2D eigenvalue weighted by Gasteiger charge is 2.43. The van der Waals surface area contributed by atoms with Crippen molar-refractivity contribution in [3.05, 3.63) is 24.3 Å². The molecule has 3 amide bonds. The number of carbonyl (C=O) groups excluding carboxylic acids is 3. The van der Waals surface area contributed by atoms with Gasteiger partial charge in [0.2, 0.25) is 5.91 Å². The lowest BCUT2D eigenvalue weighted by atomic mass is 9.78. The fourth-order valence-electron chi connectivity index (χ4n) is 4.28. The maximum Gasteiger partial charge on any atom is 0.321 e. The molecule has 2 saturated heterocycles. The minimum Gasteiger partial charge on any atom is -0.495 e. The van der Waals surface area contributed by atoms with E-state index in [-0.39, 0.29) is 28.4 Å². The van der Waals surface area contributed by atoms with E-state index in [1.54, 1.807) is 7.11 Å². The van der Waals surface area contributed by atoms with Crippen LogP contribution in [0, 0.1) is 11.3 Å². The lowest BCUT2D eigenvalue weighted by molar-refractivity contribution is -0.133. The van der Waals surface area contributed by atoms with Gasteiger partial charge in [-0.1, -0.05) is 30.8 Å². The lowest BCUT2D eigenvalue weighted by Gasteiger charge is -2.39. The van der Waals surface area contributed by atoms with Gasteiger partial charge in [0.25, 0.3) is 0 Å². The number of para-hydroxylation sites is 2. The van der Waals surface area contributed by atoms with Crippen molar-refractivity contribution >= 4 is 34.5 Å². The first kappa shape index (κ1) is 22.5. The summed E-state index contributed by atoms with van der Waals surface area (Å²) in [5.41, 5.74) is 0.768. The van der Waals surface area contributed by atoms with E-state index in [2.05, 4.69) is 5.32 Å². The summed E-state index contributed by atoms with van der Waals surface area (Å²) in [6.07, 6.45) is 2.77. The van der Waals surface area contributed by atoms with E-state index >= 15 is 0 Å². The maximum absolute atomic E-state index is 12.7. The van der Waals surface area contributed by atoms with E-state index < -0.39 is 0 Å². The van der Waals surface area contributed by atoms with Gasteiger partial charge in [-0.15, -0.1) is 0 Å². The lowest BCUT2D eigenvalue weighted by Crippen LogP contribution is -2.46. The van der Waals surface area contributed by atoms with Gasteiger partial charge in [-0.3, -0.25) is 9.59 Å². The number of amides is 3. The second-order valence-electron chi connectivity index (χ2n) is 8.33. The molecule has 1 spiro atoms. The van der Waals surface area contributed by atoms with Gasteiger partial charge in [0.05, 0.1) is 12.8 Å². The summed E-state index contributed by atoms with van der Waals surface area (Å²) in [5, 5.41) is 2.99. The first-order valence-corrected chi connectivity index (χ1v) is 11.4. The zero-order valence-corrected chi connectivity index (χ0v) is 18.8. The highest BCUT2D eigenvalue weighted by atomic mass is 32.2. The van der Waals surface area contributed by atoms with Crippen LogP contribution in [0.1, 0.15) is 33.1 Å². The number of likely N-dealkylation sites (tertiary alicyclic amines) is 2. The second kappa shape index (κ2) is 9.73. The van der Waals surface area contributed by atoms with Crippen LogP contribution in [0.2, 0.25) is 0 Å². The predicted molar refractivity (Wildman–Crippen MR) is 119 cm³/mol. The van der Waals surface area contributed by atoms with Crippen LogP contribution in [0.3, 0.4) is 0 Å². The third kappa shape index (κ3) is 5.28. The number of thioether (sulfide) groups is 1. The number of hydrogen-bond acceptors (Lipinski definition) is 5. The molecule has 164 valence electrons. The Morgan fingerprint density at radius 2 is 1.77 bits per heavy atom. The summed E-state index contributed by atoms with van der Waals surface area (Å²) in [6, 6.07) is 7.26. The highest BCUT2D eigenvalue weighted by Crippen LogP contribution is 2.41. The van der Waals surface area contributed by atoms with E-state index in [0.717, 1.165) is 32.4 Å². The van der Waals surface area contributed by atoms with Crippen molar-refractivity contribution in [1.29, 1.82) is 0 Å². The molecule has 2 aliphatic rings. The number of nitrogens with one attached hydrogen (secondary N) is 1. The van der Waals surface area contributed by atoms with Gasteiger partial charge in [0, 0.05) is 44.8 Å². The molecular formula is C22H31N3O4S. The molecule has 0 radical (unpaired) electrons. The molecule has 1 aromatic rings. The van der Waals surface area contributed by atoms with Crippen LogP contribution in [0.4, 0.5) is 10.5 Å². The fraction of sp³-hybridized carbons (Fsp3) is 0.591. The maximum atomic E-state index is 12.7. The standard InChI is InChI=1S/C22H31N3O4S/c1-16(14-30-17(2)26)20(27)25-13-10-22(15-25)8-11-24(12-9-22)21(28)23-18-6-4-5-7-19(18)29-3/h4-7,16H,8-15H2,1-3H3,(H,23,28)/t16-/m1/s1. The van der Waals surface area contributed by atoms with Gasteiger partial charge < -0.3 is 19.9 Å². The summed E-state index contributed by atoms with van der Waals surface area (Å²) in [6.45, 7) is 6.31. The predicted octanol–water partition coefficient (Wildman–Crippen LogP) is 3.46. The molecule has 1 aromatic carbocycles. The average molecular weight is 434 g/mol.